The van der Waals surface area contributed by atoms with Crippen LogP contribution in [0.5, 0.6) is 0 Å². The molecule has 1 rings (SSSR count). The Morgan fingerprint density at radius 3 is 2.71 bits per heavy atom. The van der Waals surface area contributed by atoms with Gasteiger partial charge in [0.15, 0.2) is 0 Å². The number of halogens is 2. The summed E-state index contributed by atoms with van der Waals surface area (Å²) in [6.45, 7) is 5.58. The van der Waals surface area contributed by atoms with Crippen molar-refractivity contribution in [3.8, 4) is 0 Å². The minimum absolute atomic E-state index is 0.0907. The van der Waals surface area contributed by atoms with Crippen molar-refractivity contribution in [1.82, 2.24) is 0 Å². The third-order valence-corrected chi connectivity index (χ3v) is 2.59. The van der Waals surface area contributed by atoms with E-state index >= 15 is 0 Å². The van der Waals surface area contributed by atoms with E-state index in [4.69, 9.17) is 16.3 Å². The van der Waals surface area contributed by atoms with Crippen LogP contribution in [0.4, 0.5) is 5.69 Å². The number of ether oxygens (including phenoxy) is 1. The Labute approximate surface area is 115 Å². The second-order valence-electron chi connectivity index (χ2n) is 4.56. The molecule has 3 nitrogen and oxygen atoms in total. The van der Waals surface area contributed by atoms with Crippen molar-refractivity contribution in [2.24, 2.45) is 0 Å². The second kappa shape index (κ2) is 5.74. The van der Waals surface area contributed by atoms with Gasteiger partial charge < -0.3 is 10.1 Å². The minimum atomic E-state index is -0.472. The van der Waals surface area contributed by atoms with Gasteiger partial charge in [-0.3, -0.25) is 4.79 Å². The number of esters is 1. The summed E-state index contributed by atoms with van der Waals surface area (Å²) in [5.41, 5.74) is 0.228. The molecule has 94 valence electrons. The van der Waals surface area contributed by atoms with Gasteiger partial charge in [-0.25, -0.2) is 0 Å². The van der Waals surface area contributed by atoms with E-state index in [1.165, 1.54) is 0 Å². The zero-order valence-corrected chi connectivity index (χ0v) is 12.4. The maximum Gasteiger partial charge on any atom is 0.325 e. The van der Waals surface area contributed by atoms with Crippen molar-refractivity contribution in [2.45, 2.75) is 26.4 Å². The summed E-state index contributed by atoms with van der Waals surface area (Å²) in [4.78, 5) is 11.5. The van der Waals surface area contributed by atoms with Crippen molar-refractivity contribution in [3.63, 3.8) is 0 Å². The van der Waals surface area contributed by atoms with E-state index in [9.17, 15) is 4.79 Å². The van der Waals surface area contributed by atoms with Gasteiger partial charge >= 0.3 is 5.97 Å². The number of hydrogen-bond acceptors (Lipinski definition) is 3. The van der Waals surface area contributed by atoms with Crippen LogP contribution >= 0.6 is 27.5 Å². The molecule has 0 heterocycles. The maximum atomic E-state index is 11.5. The van der Waals surface area contributed by atoms with Gasteiger partial charge in [-0.1, -0.05) is 27.5 Å². The molecular weight excluding hydrogens is 305 g/mol. The van der Waals surface area contributed by atoms with Gasteiger partial charge in [0.1, 0.15) is 12.1 Å². The zero-order valence-electron chi connectivity index (χ0n) is 10.0. The summed E-state index contributed by atoms with van der Waals surface area (Å²) in [6.07, 6.45) is 0. The van der Waals surface area contributed by atoms with Gasteiger partial charge in [-0.15, -0.1) is 0 Å². The van der Waals surface area contributed by atoms with Crippen molar-refractivity contribution in [1.29, 1.82) is 0 Å². The summed E-state index contributed by atoms with van der Waals surface area (Å²) < 4.78 is 6.07. The molecule has 17 heavy (non-hydrogen) atoms. The van der Waals surface area contributed by atoms with Crippen LogP contribution in [0.3, 0.4) is 0 Å². The number of rotatable bonds is 3. The van der Waals surface area contributed by atoms with Crippen molar-refractivity contribution < 1.29 is 9.53 Å². The Kier molecular flexibility index (Phi) is 4.83. The van der Waals surface area contributed by atoms with Crippen LogP contribution in [-0.2, 0) is 9.53 Å². The van der Waals surface area contributed by atoms with E-state index in [2.05, 4.69) is 21.2 Å². The fourth-order valence-electron chi connectivity index (χ4n) is 1.18. The van der Waals surface area contributed by atoms with Crippen molar-refractivity contribution in [3.05, 3.63) is 27.7 Å². The molecule has 0 unspecified atom stereocenters. The van der Waals surface area contributed by atoms with Gasteiger partial charge in [-0.05, 0) is 39.0 Å². The quantitative estimate of drug-likeness (QED) is 0.860. The highest BCUT2D eigenvalue weighted by Crippen LogP contribution is 2.25. The van der Waals surface area contributed by atoms with Crippen molar-refractivity contribution in [2.75, 3.05) is 11.9 Å². The second-order valence-corrected chi connectivity index (χ2v) is 5.89. The van der Waals surface area contributed by atoms with Crippen LogP contribution in [0.1, 0.15) is 20.8 Å². The average Bonchev–Trinajstić information content (AvgIpc) is 2.17. The van der Waals surface area contributed by atoms with Crippen LogP contribution < -0.4 is 5.32 Å². The number of nitrogens with one attached hydrogen (secondary N) is 1. The Morgan fingerprint density at radius 2 is 2.12 bits per heavy atom. The molecule has 1 N–H and O–H groups in total. The molecule has 0 atom stereocenters. The first kappa shape index (κ1) is 14.3. The Balaban J connectivity index is 2.56. The lowest BCUT2D eigenvalue weighted by Gasteiger charge is -2.19. The van der Waals surface area contributed by atoms with Crippen LogP contribution in [0, 0.1) is 0 Å². The molecule has 5 heteroatoms. The molecule has 0 bridgehead atoms. The summed E-state index contributed by atoms with van der Waals surface area (Å²) >= 11 is 9.31. The normalized spacial score (nSPS) is 11.1. The molecule has 0 amide bonds. The fourth-order valence-corrected chi connectivity index (χ4v) is 1.72. The summed E-state index contributed by atoms with van der Waals surface area (Å²) in [6, 6.07) is 5.40. The highest BCUT2D eigenvalue weighted by atomic mass is 79.9. The van der Waals surface area contributed by atoms with Crippen LogP contribution in [0.15, 0.2) is 22.7 Å². The minimum Gasteiger partial charge on any atom is -0.459 e. The van der Waals surface area contributed by atoms with Gasteiger partial charge in [0.25, 0.3) is 0 Å². The number of benzene rings is 1. The largest absolute Gasteiger partial charge is 0.459 e. The van der Waals surface area contributed by atoms with Crippen LogP contribution in [0.25, 0.3) is 0 Å². The average molecular weight is 321 g/mol. The highest BCUT2D eigenvalue weighted by Gasteiger charge is 2.16. The van der Waals surface area contributed by atoms with Gasteiger partial charge in [0.05, 0.1) is 10.7 Å². The molecule has 0 saturated heterocycles. The lowest BCUT2D eigenvalue weighted by Crippen LogP contribution is -2.28. The first-order chi connectivity index (χ1) is 7.78. The Bertz CT molecular complexity index is 415. The van der Waals surface area contributed by atoms with E-state index in [-0.39, 0.29) is 12.5 Å². The molecule has 0 saturated carbocycles. The lowest BCUT2D eigenvalue weighted by molar-refractivity contribution is -0.152. The molecule has 0 aliphatic carbocycles. The van der Waals surface area contributed by atoms with Gasteiger partial charge in [0.2, 0.25) is 0 Å². The summed E-state index contributed by atoms with van der Waals surface area (Å²) in [5.74, 6) is -0.312. The monoisotopic (exact) mass is 319 g/mol. The van der Waals surface area contributed by atoms with Crippen LogP contribution in [0.2, 0.25) is 5.02 Å². The first-order valence-electron chi connectivity index (χ1n) is 5.19. The lowest BCUT2D eigenvalue weighted by atomic mass is 10.2. The molecule has 0 aliphatic rings. The predicted molar refractivity (Wildman–Crippen MR) is 73.5 cm³/mol. The van der Waals surface area contributed by atoms with E-state index in [0.29, 0.717) is 10.7 Å². The zero-order chi connectivity index (χ0) is 13.1. The van der Waals surface area contributed by atoms with E-state index in [0.717, 1.165) is 4.47 Å². The Morgan fingerprint density at radius 1 is 1.47 bits per heavy atom. The van der Waals surface area contributed by atoms with E-state index in [1.807, 2.05) is 32.9 Å². The number of hydrogen-bond donors (Lipinski definition) is 1. The smallest absolute Gasteiger partial charge is 0.325 e. The molecule has 0 fully saturated rings. The topological polar surface area (TPSA) is 38.3 Å². The molecule has 1 aromatic carbocycles. The van der Waals surface area contributed by atoms with E-state index < -0.39 is 5.60 Å². The third kappa shape index (κ3) is 5.41. The Hall–Kier alpha value is -0.740. The molecule has 0 spiro atoms. The maximum absolute atomic E-state index is 11.5. The summed E-state index contributed by atoms with van der Waals surface area (Å²) in [7, 11) is 0. The standard InChI is InChI=1S/C12H15BrClNO2/c1-12(2,3)17-11(16)7-15-10-6-8(13)4-5-9(10)14/h4-6,15H,7H2,1-3H3. The van der Waals surface area contributed by atoms with Crippen LogP contribution in [-0.4, -0.2) is 18.1 Å². The first-order valence-corrected chi connectivity index (χ1v) is 6.36. The van der Waals surface area contributed by atoms with Gasteiger partial charge in [0, 0.05) is 4.47 Å². The number of carbonyl (C=O) groups is 1. The molecule has 0 aliphatic heterocycles. The van der Waals surface area contributed by atoms with E-state index in [1.54, 1.807) is 6.07 Å². The SMILES string of the molecule is CC(C)(C)OC(=O)CNc1cc(Br)ccc1Cl. The molecule has 0 radical (unpaired) electrons. The van der Waals surface area contributed by atoms with Crippen molar-refractivity contribution >= 4 is 39.2 Å². The predicted octanol–water partition coefficient (Wildman–Crippen LogP) is 3.86. The third-order valence-electron chi connectivity index (χ3n) is 1.77. The molecule has 0 aromatic heterocycles. The highest BCUT2D eigenvalue weighted by molar-refractivity contribution is 9.10. The number of carbonyl (C=O) groups excluding carboxylic acids is 1. The van der Waals surface area contributed by atoms with Gasteiger partial charge in [-0.2, -0.15) is 0 Å². The summed E-state index contributed by atoms with van der Waals surface area (Å²) in [5, 5.41) is 3.51. The number of anilines is 1. The molecular formula is C12H15BrClNO2. The fraction of sp³-hybridized carbons (Fsp3) is 0.417. The molecule has 1 aromatic rings.